The van der Waals surface area contributed by atoms with E-state index in [9.17, 15) is 10.1 Å². The van der Waals surface area contributed by atoms with Crippen LogP contribution in [-0.4, -0.2) is 6.29 Å². The van der Waals surface area contributed by atoms with Gasteiger partial charge in [-0.1, -0.05) is 54.6 Å². The Labute approximate surface area is 112 Å². The fraction of sp³-hybridized carbons (Fsp3) is 0.125. The van der Waals surface area contributed by atoms with E-state index in [0.29, 0.717) is 12.1 Å². The standard InChI is InChI=1S/C16H14N2O/c17-10-16(15-4-2-1-3-5-15)18-11-13-6-8-14(12-19)9-7-13/h1-9,12,16,18H,11H2. The van der Waals surface area contributed by atoms with Gasteiger partial charge in [0.15, 0.2) is 0 Å². The lowest BCUT2D eigenvalue weighted by Gasteiger charge is -2.11. The highest BCUT2D eigenvalue weighted by Gasteiger charge is 2.08. The van der Waals surface area contributed by atoms with Gasteiger partial charge in [-0.05, 0) is 11.1 Å². The first-order valence-corrected chi connectivity index (χ1v) is 6.05. The number of nitrogens with one attached hydrogen (secondary N) is 1. The van der Waals surface area contributed by atoms with Crippen LogP contribution in [0.4, 0.5) is 0 Å². The van der Waals surface area contributed by atoms with E-state index in [2.05, 4.69) is 11.4 Å². The number of hydrogen-bond acceptors (Lipinski definition) is 3. The third-order valence-corrected chi connectivity index (χ3v) is 2.89. The van der Waals surface area contributed by atoms with E-state index < -0.39 is 0 Å². The van der Waals surface area contributed by atoms with Gasteiger partial charge in [0.05, 0.1) is 6.07 Å². The molecule has 0 bridgehead atoms. The zero-order valence-corrected chi connectivity index (χ0v) is 10.4. The highest BCUT2D eigenvalue weighted by Crippen LogP contribution is 2.12. The molecule has 0 aliphatic heterocycles. The van der Waals surface area contributed by atoms with Crippen molar-refractivity contribution in [2.75, 3.05) is 0 Å². The summed E-state index contributed by atoms with van der Waals surface area (Å²) in [6.07, 6.45) is 0.819. The molecule has 1 N–H and O–H groups in total. The number of hydrogen-bond donors (Lipinski definition) is 1. The summed E-state index contributed by atoms with van der Waals surface area (Å²) in [7, 11) is 0. The third-order valence-electron chi connectivity index (χ3n) is 2.89. The number of nitriles is 1. The third kappa shape index (κ3) is 3.51. The molecule has 1 unspecified atom stereocenters. The van der Waals surface area contributed by atoms with Crippen LogP contribution in [0.15, 0.2) is 54.6 Å². The molecule has 0 radical (unpaired) electrons. The van der Waals surface area contributed by atoms with Gasteiger partial charge in [0.25, 0.3) is 0 Å². The highest BCUT2D eigenvalue weighted by molar-refractivity contribution is 5.74. The average molecular weight is 250 g/mol. The molecule has 0 heterocycles. The predicted octanol–water partition coefficient (Wildman–Crippen LogP) is 2.85. The molecular weight excluding hydrogens is 236 g/mol. The normalized spacial score (nSPS) is 11.5. The Balaban J connectivity index is 2.00. The zero-order chi connectivity index (χ0) is 13.5. The van der Waals surface area contributed by atoms with Crippen LogP contribution >= 0.6 is 0 Å². The second-order valence-corrected chi connectivity index (χ2v) is 4.21. The van der Waals surface area contributed by atoms with Crippen molar-refractivity contribution in [3.63, 3.8) is 0 Å². The van der Waals surface area contributed by atoms with Gasteiger partial charge in [-0.3, -0.25) is 10.1 Å². The number of nitrogens with zero attached hydrogens (tertiary/aromatic N) is 1. The van der Waals surface area contributed by atoms with Gasteiger partial charge in [-0.25, -0.2) is 0 Å². The van der Waals surface area contributed by atoms with E-state index in [-0.39, 0.29) is 6.04 Å². The maximum atomic E-state index is 10.6. The average Bonchev–Trinajstić information content (AvgIpc) is 2.49. The number of rotatable bonds is 5. The van der Waals surface area contributed by atoms with Gasteiger partial charge in [0.2, 0.25) is 0 Å². The molecule has 2 aromatic carbocycles. The minimum Gasteiger partial charge on any atom is -0.298 e. The predicted molar refractivity (Wildman–Crippen MR) is 73.5 cm³/mol. The second kappa shape index (κ2) is 6.48. The monoisotopic (exact) mass is 250 g/mol. The Morgan fingerprint density at radius 3 is 2.37 bits per heavy atom. The SMILES string of the molecule is N#CC(NCc1ccc(C=O)cc1)c1ccccc1. The van der Waals surface area contributed by atoms with Crippen LogP contribution in [0.5, 0.6) is 0 Å². The molecule has 3 heteroatoms. The Hall–Kier alpha value is -2.44. The lowest BCUT2D eigenvalue weighted by atomic mass is 10.1. The minimum absolute atomic E-state index is 0.327. The lowest BCUT2D eigenvalue weighted by Crippen LogP contribution is -2.19. The lowest BCUT2D eigenvalue weighted by molar-refractivity contribution is 0.112. The molecule has 19 heavy (non-hydrogen) atoms. The zero-order valence-electron chi connectivity index (χ0n) is 10.4. The van der Waals surface area contributed by atoms with Crippen molar-refractivity contribution in [1.29, 1.82) is 5.26 Å². The van der Waals surface area contributed by atoms with Gasteiger partial charge >= 0.3 is 0 Å². The van der Waals surface area contributed by atoms with Gasteiger partial charge in [0.1, 0.15) is 12.3 Å². The smallest absolute Gasteiger partial charge is 0.150 e. The van der Waals surface area contributed by atoms with Crippen LogP contribution < -0.4 is 5.32 Å². The summed E-state index contributed by atoms with van der Waals surface area (Å²) < 4.78 is 0. The van der Waals surface area contributed by atoms with Crippen molar-refractivity contribution in [1.82, 2.24) is 5.32 Å². The minimum atomic E-state index is -0.327. The number of carbonyl (C=O) groups excluding carboxylic acids is 1. The number of benzene rings is 2. The first-order chi connectivity index (χ1) is 9.33. The van der Waals surface area contributed by atoms with Crippen LogP contribution in [0.2, 0.25) is 0 Å². The fourth-order valence-corrected chi connectivity index (χ4v) is 1.82. The van der Waals surface area contributed by atoms with Gasteiger partial charge in [-0.15, -0.1) is 0 Å². The molecule has 0 saturated heterocycles. The van der Waals surface area contributed by atoms with Crippen molar-refractivity contribution < 1.29 is 4.79 Å². The van der Waals surface area contributed by atoms with Crippen molar-refractivity contribution >= 4 is 6.29 Å². The Bertz CT molecular complexity index is 570. The molecule has 3 nitrogen and oxygen atoms in total. The van der Waals surface area contributed by atoms with E-state index >= 15 is 0 Å². The van der Waals surface area contributed by atoms with E-state index in [1.165, 1.54) is 0 Å². The first-order valence-electron chi connectivity index (χ1n) is 6.05. The highest BCUT2D eigenvalue weighted by atomic mass is 16.1. The van der Waals surface area contributed by atoms with Crippen LogP contribution in [0.1, 0.15) is 27.5 Å². The molecule has 2 rings (SSSR count). The Morgan fingerprint density at radius 1 is 1.11 bits per heavy atom. The summed E-state index contributed by atoms with van der Waals surface area (Å²) in [6, 6.07) is 18.8. The Morgan fingerprint density at radius 2 is 1.79 bits per heavy atom. The van der Waals surface area contributed by atoms with Crippen LogP contribution in [0, 0.1) is 11.3 Å². The van der Waals surface area contributed by atoms with E-state index in [1.54, 1.807) is 12.1 Å². The van der Waals surface area contributed by atoms with Crippen molar-refractivity contribution in [2.24, 2.45) is 0 Å². The summed E-state index contributed by atoms with van der Waals surface area (Å²) in [6.45, 7) is 0.590. The molecule has 0 amide bonds. The molecule has 0 spiro atoms. The molecule has 0 aromatic heterocycles. The maximum absolute atomic E-state index is 10.6. The van der Waals surface area contributed by atoms with Crippen molar-refractivity contribution in [3.05, 3.63) is 71.3 Å². The topological polar surface area (TPSA) is 52.9 Å². The fourth-order valence-electron chi connectivity index (χ4n) is 1.82. The molecule has 0 saturated carbocycles. The van der Waals surface area contributed by atoms with Crippen molar-refractivity contribution in [2.45, 2.75) is 12.6 Å². The molecule has 94 valence electrons. The molecule has 1 atom stereocenters. The van der Waals surface area contributed by atoms with E-state index in [4.69, 9.17) is 0 Å². The quantitative estimate of drug-likeness (QED) is 0.830. The molecule has 0 aliphatic carbocycles. The summed E-state index contributed by atoms with van der Waals surface area (Å²) in [5.74, 6) is 0. The molecule has 0 aliphatic rings. The van der Waals surface area contributed by atoms with Gasteiger partial charge in [0, 0.05) is 12.1 Å². The van der Waals surface area contributed by atoms with Gasteiger partial charge in [-0.2, -0.15) is 5.26 Å². The van der Waals surface area contributed by atoms with Crippen LogP contribution in [0.25, 0.3) is 0 Å². The number of aldehydes is 1. The largest absolute Gasteiger partial charge is 0.298 e. The Kier molecular flexibility index (Phi) is 4.44. The number of carbonyl (C=O) groups is 1. The summed E-state index contributed by atoms with van der Waals surface area (Å²) >= 11 is 0. The molecular formula is C16H14N2O. The second-order valence-electron chi connectivity index (χ2n) is 4.21. The summed E-state index contributed by atoms with van der Waals surface area (Å²) in [4.78, 5) is 10.6. The van der Waals surface area contributed by atoms with Gasteiger partial charge < -0.3 is 0 Å². The van der Waals surface area contributed by atoms with Crippen LogP contribution in [-0.2, 0) is 6.54 Å². The van der Waals surface area contributed by atoms with E-state index in [0.717, 1.165) is 17.4 Å². The summed E-state index contributed by atoms with van der Waals surface area (Å²) in [5.41, 5.74) is 2.65. The van der Waals surface area contributed by atoms with Crippen LogP contribution in [0.3, 0.4) is 0 Å². The van der Waals surface area contributed by atoms with E-state index in [1.807, 2.05) is 42.5 Å². The summed E-state index contributed by atoms with van der Waals surface area (Å²) in [5, 5.41) is 12.4. The molecule has 2 aromatic rings. The first kappa shape index (κ1) is 13.0. The maximum Gasteiger partial charge on any atom is 0.150 e. The molecule has 0 fully saturated rings. The van der Waals surface area contributed by atoms with Crippen molar-refractivity contribution in [3.8, 4) is 6.07 Å².